The predicted octanol–water partition coefficient (Wildman–Crippen LogP) is -1.15. The number of rotatable bonds is 14. The van der Waals surface area contributed by atoms with Crippen molar-refractivity contribution in [1.29, 1.82) is 0 Å². The van der Waals surface area contributed by atoms with Gasteiger partial charge in [0.05, 0.1) is 47.6 Å². The maximum atomic E-state index is 12.3. The topological polar surface area (TPSA) is 127 Å². The molecule has 0 aliphatic heterocycles. The summed E-state index contributed by atoms with van der Waals surface area (Å²) in [4.78, 5) is 35.3. The molecule has 0 spiro atoms. The van der Waals surface area contributed by atoms with Crippen molar-refractivity contribution in [2.75, 3.05) is 60.7 Å². The molecule has 0 saturated carbocycles. The van der Waals surface area contributed by atoms with Crippen molar-refractivity contribution in [3.63, 3.8) is 0 Å². The smallest absolute Gasteiger partial charge is 0.870 e. The van der Waals surface area contributed by atoms with E-state index in [-0.39, 0.29) is 73.8 Å². The number of nitrogens with zero attached hydrogens (tertiary/aromatic N) is 1. The van der Waals surface area contributed by atoms with Crippen LogP contribution < -0.4 is 29.6 Å². The molecule has 0 unspecified atom stereocenters. The van der Waals surface area contributed by atoms with Gasteiger partial charge >= 0.3 is 53.1 Å². The number of ether oxygens (including phenoxy) is 5. The van der Waals surface area contributed by atoms with Crippen molar-refractivity contribution in [3.05, 3.63) is 37.6 Å². The first-order valence-electron chi connectivity index (χ1n) is 9.95. The van der Waals surface area contributed by atoms with Crippen LogP contribution in [-0.2, 0) is 38.1 Å². The van der Waals surface area contributed by atoms with Crippen LogP contribution in [-0.4, -0.2) is 94.2 Å². The Hall–Kier alpha value is -1.69. The van der Waals surface area contributed by atoms with Crippen LogP contribution in [0.25, 0.3) is 0 Å². The Balaban J connectivity index is -0.000000278. The number of hydrogen-bond acceptors (Lipinski definition) is 9. The molecule has 0 aromatic heterocycles. The molecule has 10 nitrogen and oxygen atoms in total. The largest absolute Gasteiger partial charge is 1.00 e. The van der Waals surface area contributed by atoms with Crippen molar-refractivity contribution < 1.29 is 77.6 Å². The molecule has 0 atom stereocenters. The first-order chi connectivity index (χ1) is 14.4. The van der Waals surface area contributed by atoms with E-state index in [0.717, 1.165) is 0 Å². The molecule has 0 rings (SSSR count). The van der Waals surface area contributed by atoms with E-state index < -0.39 is 23.5 Å². The molecule has 0 aliphatic carbocycles. The van der Waals surface area contributed by atoms with Gasteiger partial charge in [-0.3, -0.25) is 0 Å². The second-order valence-electron chi connectivity index (χ2n) is 7.06. The van der Waals surface area contributed by atoms with Gasteiger partial charge in [-0.15, -0.1) is 6.58 Å². The number of quaternary nitrogens is 1. The average molecular weight is 485 g/mol. The molecule has 0 aromatic rings. The Morgan fingerprint density at radius 3 is 1.58 bits per heavy atom. The number of carbonyl (C=O) groups excluding carboxylic acids is 3. The first-order valence-corrected chi connectivity index (χ1v) is 9.95. The molecular weight excluding hydrogens is 445 g/mol. The van der Waals surface area contributed by atoms with Gasteiger partial charge in [0, 0.05) is 0 Å². The minimum absolute atomic E-state index is 0. The fourth-order valence-corrected chi connectivity index (χ4v) is 2.17. The van der Waals surface area contributed by atoms with Crippen LogP contribution in [0, 0.1) is 0 Å². The second-order valence-corrected chi connectivity index (χ2v) is 7.06. The van der Waals surface area contributed by atoms with E-state index in [9.17, 15) is 14.4 Å². The number of esters is 3. The summed E-state index contributed by atoms with van der Waals surface area (Å²) < 4.78 is 25.3. The summed E-state index contributed by atoms with van der Waals surface area (Å²) in [6, 6.07) is 0. The third kappa shape index (κ3) is 16.6. The molecule has 0 saturated heterocycles. The summed E-state index contributed by atoms with van der Waals surface area (Å²) in [7, 11) is 5.55. The number of carbonyl (C=O) groups is 3. The van der Waals surface area contributed by atoms with E-state index in [4.69, 9.17) is 18.9 Å². The zero-order chi connectivity index (χ0) is 24.5. The van der Waals surface area contributed by atoms with E-state index in [1.165, 1.54) is 12.2 Å². The molecule has 11 heteroatoms. The predicted molar refractivity (Wildman–Crippen MR) is 119 cm³/mol. The van der Waals surface area contributed by atoms with E-state index in [1.54, 1.807) is 20.8 Å². The zero-order valence-corrected chi connectivity index (χ0v) is 23.2. The van der Waals surface area contributed by atoms with Crippen molar-refractivity contribution in [1.82, 2.24) is 0 Å². The van der Waals surface area contributed by atoms with Gasteiger partial charge in [0.1, 0.15) is 13.2 Å². The number of hydrogen-bond donors (Lipinski definition) is 0. The summed E-state index contributed by atoms with van der Waals surface area (Å²) in [6.07, 6.45) is 3.01. The Morgan fingerprint density at radius 2 is 1.24 bits per heavy atom. The minimum atomic E-state index is -1.77. The third-order valence-electron chi connectivity index (χ3n) is 3.23. The molecule has 186 valence electrons. The van der Waals surface area contributed by atoms with Crippen molar-refractivity contribution in [3.8, 4) is 0 Å². The molecule has 0 radical (unpaired) electrons. The Morgan fingerprint density at radius 1 is 0.818 bits per heavy atom. The van der Waals surface area contributed by atoms with Gasteiger partial charge in [0.2, 0.25) is 0 Å². The molecule has 0 amide bonds. The maximum absolute atomic E-state index is 12.3. The molecule has 0 heterocycles. The van der Waals surface area contributed by atoms with Gasteiger partial charge in [-0.1, -0.05) is 18.7 Å². The molecule has 0 fully saturated rings. The van der Waals surface area contributed by atoms with Gasteiger partial charge in [-0.25, -0.2) is 14.4 Å². The van der Waals surface area contributed by atoms with E-state index in [1.807, 2.05) is 21.1 Å². The normalized spacial score (nSPS) is 10.0. The fraction of sp³-hybridized carbons (Fsp3) is 0.591. The maximum Gasteiger partial charge on any atom is 1.00 e. The molecule has 0 aromatic carbocycles. The molecule has 33 heavy (non-hydrogen) atoms. The van der Waals surface area contributed by atoms with Crippen LogP contribution in [0.15, 0.2) is 37.6 Å². The van der Waals surface area contributed by atoms with Gasteiger partial charge in [-0.05, 0) is 27.4 Å². The van der Waals surface area contributed by atoms with Gasteiger partial charge in [-0.2, -0.15) is 0 Å². The van der Waals surface area contributed by atoms with Crippen molar-refractivity contribution in [2.45, 2.75) is 26.4 Å². The van der Waals surface area contributed by atoms with Crippen molar-refractivity contribution in [2.24, 2.45) is 0 Å². The van der Waals surface area contributed by atoms with E-state index >= 15 is 0 Å². The van der Waals surface area contributed by atoms with Crippen LogP contribution in [0.5, 0.6) is 0 Å². The average Bonchev–Trinajstić information content (AvgIpc) is 2.69. The third-order valence-corrected chi connectivity index (χ3v) is 3.23. The molecule has 0 aliphatic rings. The van der Waals surface area contributed by atoms with Crippen LogP contribution in [0.1, 0.15) is 20.8 Å². The van der Waals surface area contributed by atoms with Crippen LogP contribution in [0.4, 0.5) is 0 Å². The van der Waals surface area contributed by atoms with Crippen LogP contribution >= 0.6 is 0 Å². The van der Waals surface area contributed by atoms with Gasteiger partial charge in [0.25, 0.3) is 0 Å². The summed E-state index contributed by atoms with van der Waals surface area (Å²) in [6.45, 7) is 16.5. The van der Waals surface area contributed by atoms with Crippen molar-refractivity contribution >= 4 is 17.9 Å². The fourth-order valence-electron chi connectivity index (χ4n) is 2.17. The first kappa shape index (κ1) is 38.6. The SMILES string of the molecule is C=CCOC(=C)C(=O)OCC.C=CCOC(C[N+](C)(C)C)(C(=O)OCC)C(=O)OCC.[Na+].[OH-]. The van der Waals surface area contributed by atoms with Crippen LogP contribution in [0.2, 0.25) is 0 Å². The Kier molecular flexibility index (Phi) is 24.4. The van der Waals surface area contributed by atoms with Crippen LogP contribution in [0.3, 0.4) is 0 Å². The molecule has 0 bridgehead atoms. The molecular formula is C22H39NNaO9+. The quantitative estimate of drug-likeness (QED) is 0.0439. The number of likely N-dealkylation sites (N-methyl/N-ethyl adjacent to an activating group) is 1. The van der Waals surface area contributed by atoms with E-state index in [2.05, 4.69) is 24.5 Å². The summed E-state index contributed by atoms with van der Waals surface area (Å²) >= 11 is 0. The Bertz CT molecular complexity index is 597. The molecule has 1 N–H and O–H groups in total. The summed E-state index contributed by atoms with van der Waals surface area (Å²) in [5.41, 5.74) is -1.77. The summed E-state index contributed by atoms with van der Waals surface area (Å²) in [5, 5.41) is 0. The Labute approximate surface area is 219 Å². The monoisotopic (exact) mass is 484 g/mol. The van der Waals surface area contributed by atoms with Gasteiger partial charge in [0.15, 0.2) is 5.76 Å². The zero-order valence-electron chi connectivity index (χ0n) is 21.2. The summed E-state index contributed by atoms with van der Waals surface area (Å²) in [5.74, 6) is -1.96. The standard InChI is InChI=1S/C14H26NO5.C8H12O3.Na.H2O/c1-7-10-20-14(11-15(4,5)6,12(16)18-8-2)13(17)19-9-3;1-4-6-11-7(3)8(9)10-5-2;;/h7H,1,8-11H2,2-6H3;4H,1,3,5-6H2,2H3;;1H2/q+1;;+1;/p-1. The minimum Gasteiger partial charge on any atom is -0.870 e. The second kappa shape index (κ2) is 20.9. The van der Waals surface area contributed by atoms with E-state index in [0.29, 0.717) is 11.1 Å². The van der Waals surface area contributed by atoms with Gasteiger partial charge < -0.3 is 33.6 Å².